The molecule has 0 saturated heterocycles. The van der Waals surface area contributed by atoms with Gasteiger partial charge in [-0.3, -0.25) is 0 Å². The van der Waals surface area contributed by atoms with Crippen molar-refractivity contribution >= 4 is 34.2 Å². The van der Waals surface area contributed by atoms with Crippen LogP contribution < -0.4 is 0 Å². The van der Waals surface area contributed by atoms with E-state index in [0.29, 0.717) is 11.0 Å². The zero-order valence-electron chi connectivity index (χ0n) is 5.67. The van der Waals surface area contributed by atoms with Gasteiger partial charge in [-0.2, -0.15) is 0 Å². The number of aromatic hydroxyl groups is 1. The highest BCUT2D eigenvalue weighted by Gasteiger charge is 2.09. The zero-order valence-corrected chi connectivity index (χ0v) is 7.19. The average Bonchev–Trinajstić information content (AvgIpc) is 2.33. The summed E-state index contributed by atoms with van der Waals surface area (Å²) in [6.07, 6.45) is 1.38. The molecule has 0 amide bonds. The number of aromatic nitrogens is 3. The lowest BCUT2D eigenvalue weighted by Gasteiger charge is -1.93. The molecular formula is C6H3Cl2N3O. The van der Waals surface area contributed by atoms with Gasteiger partial charge >= 0.3 is 0 Å². The Morgan fingerprint density at radius 1 is 1.33 bits per heavy atom. The lowest BCUT2D eigenvalue weighted by Crippen LogP contribution is -1.83. The van der Waals surface area contributed by atoms with Gasteiger partial charge in [0.05, 0.1) is 0 Å². The number of hydrogen-bond acceptors (Lipinski definition) is 3. The first-order chi connectivity index (χ1) is 5.68. The second-order valence-electron chi connectivity index (χ2n) is 2.18. The van der Waals surface area contributed by atoms with Crippen LogP contribution in [0.3, 0.4) is 0 Å². The van der Waals surface area contributed by atoms with E-state index in [4.69, 9.17) is 23.2 Å². The lowest BCUT2D eigenvalue weighted by molar-refractivity contribution is 0.480. The third-order valence-corrected chi connectivity index (χ3v) is 1.88. The molecule has 0 saturated carbocycles. The highest BCUT2D eigenvalue weighted by molar-refractivity contribution is 6.35. The number of fused-ring (bicyclic) bond motifs is 1. The fraction of sp³-hybridized carbons (Fsp3) is 0. The predicted octanol–water partition coefficient (Wildman–Crippen LogP) is 1.97. The van der Waals surface area contributed by atoms with Crippen molar-refractivity contribution in [3.8, 4) is 5.75 Å². The topological polar surface area (TPSA) is 61.8 Å². The maximum Gasteiger partial charge on any atom is 0.224 e. The maximum atomic E-state index is 9.22. The molecule has 0 fully saturated rings. The fourth-order valence-corrected chi connectivity index (χ4v) is 1.37. The Hall–Kier alpha value is -1.00. The van der Waals surface area contributed by atoms with E-state index < -0.39 is 0 Å². The zero-order chi connectivity index (χ0) is 8.72. The van der Waals surface area contributed by atoms with Crippen LogP contribution in [-0.4, -0.2) is 20.1 Å². The van der Waals surface area contributed by atoms with Crippen LogP contribution >= 0.6 is 23.2 Å². The Balaban J connectivity index is 2.92. The van der Waals surface area contributed by atoms with Crippen LogP contribution in [0, 0.1) is 0 Å². The molecule has 4 nitrogen and oxygen atoms in total. The minimum absolute atomic E-state index is 0.0104. The van der Waals surface area contributed by atoms with E-state index in [1.165, 1.54) is 6.20 Å². The predicted molar refractivity (Wildman–Crippen MR) is 45.6 cm³/mol. The van der Waals surface area contributed by atoms with Crippen molar-refractivity contribution in [3.63, 3.8) is 0 Å². The third kappa shape index (κ3) is 1.00. The van der Waals surface area contributed by atoms with Crippen LogP contribution in [0.2, 0.25) is 10.4 Å². The number of H-pyrrole nitrogens is 1. The number of rotatable bonds is 0. The Bertz CT molecular complexity index is 440. The number of nitrogens with one attached hydrogen (secondary N) is 1. The molecule has 12 heavy (non-hydrogen) atoms. The normalized spacial score (nSPS) is 10.8. The molecule has 6 heteroatoms. The van der Waals surface area contributed by atoms with Crippen molar-refractivity contribution in [1.29, 1.82) is 0 Å². The van der Waals surface area contributed by atoms with E-state index >= 15 is 0 Å². The SMILES string of the molecule is Oc1c[nH]c2c(Cl)nc(Cl)nc12. The highest BCUT2D eigenvalue weighted by Crippen LogP contribution is 2.27. The van der Waals surface area contributed by atoms with Gasteiger partial charge in [0.15, 0.2) is 10.9 Å². The van der Waals surface area contributed by atoms with E-state index in [2.05, 4.69) is 15.0 Å². The third-order valence-electron chi connectivity index (χ3n) is 1.43. The summed E-state index contributed by atoms with van der Waals surface area (Å²) in [7, 11) is 0. The van der Waals surface area contributed by atoms with E-state index in [-0.39, 0.29) is 16.2 Å². The largest absolute Gasteiger partial charge is 0.504 e. The molecule has 2 aromatic rings. The number of halogens is 2. The first-order valence-electron chi connectivity index (χ1n) is 3.07. The van der Waals surface area contributed by atoms with Crippen molar-refractivity contribution in [2.24, 2.45) is 0 Å². The molecule has 0 spiro atoms. The van der Waals surface area contributed by atoms with E-state index in [0.717, 1.165) is 0 Å². The van der Waals surface area contributed by atoms with Crippen molar-refractivity contribution in [3.05, 3.63) is 16.6 Å². The molecule has 0 unspecified atom stereocenters. The molecule has 0 aromatic carbocycles. The number of aromatic amines is 1. The maximum absolute atomic E-state index is 9.22. The van der Waals surface area contributed by atoms with E-state index in [1.54, 1.807) is 0 Å². The molecule has 2 N–H and O–H groups in total. The molecule has 2 rings (SSSR count). The fourth-order valence-electron chi connectivity index (χ4n) is 0.930. The molecule has 0 bridgehead atoms. The van der Waals surface area contributed by atoms with Crippen molar-refractivity contribution in [2.75, 3.05) is 0 Å². The summed E-state index contributed by atoms with van der Waals surface area (Å²) < 4.78 is 0. The van der Waals surface area contributed by atoms with Gasteiger partial charge in [0.2, 0.25) is 5.28 Å². The monoisotopic (exact) mass is 203 g/mol. The van der Waals surface area contributed by atoms with Gasteiger partial charge in [0.25, 0.3) is 0 Å². The van der Waals surface area contributed by atoms with E-state index in [1.807, 2.05) is 0 Å². The smallest absolute Gasteiger partial charge is 0.224 e. The molecule has 2 aromatic heterocycles. The van der Waals surface area contributed by atoms with Crippen LogP contribution in [0.4, 0.5) is 0 Å². The van der Waals surface area contributed by atoms with Crippen LogP contribution in [0.15, 0.2) is 6.20 Å². The summed E-state index contributed by atoms with van der Waals surface area (Å²) in [5, 5.41) is 9.44. The van der Waals surface area contributed by atoms with Crippen LogP contribution in [0.25, 0.3) is 11.0 Å². The minimum atomic E-state index is 0.0104. The molecule has 0 aliphatic heterocycles. The van der Waals surface area contributed by atoms with Crippen molar-refractivity contribution in [2.45, 2.75) is 0 Å². The quantitative estimate of drug-likeness (QED) is 0.509. The summed E-state index contributed by atoms with van der Waals surface area (Å²) in [4.78, 5) is 10.2. The van der Waals surface area contributed by atoms with Crippen molar-refractivity contribution in [1.82, 2.24) is 15.0 Å². The Kier molecular flexibility index (Phi) is 1.59. The van der Waals surface area contributed by atoms with Crippen LogP contribution in [0.1, 0.15) is 0 Å². The van der Waals surface area contributed by atoms with E-state index in [9.17, 15) is 5.11 Å². The second kappa shape index (κ2) is 2.50. The van der Waals surface area contributed by atoms with Gasteiger partial charge in [-0.25, -0.2) is 9.97 Å². The number of nitrogens with zero attached hydrogens (tertiary/aromatic N) is 2. The summed E-state index contributed by atoms with van der Waals surface area (Å²) >= 11 is 11.2. The Morgan fingerprint density at radius 2 is 2.08 bits per heavy atom. The summed E-state index contributed by atoms with van der Waals surface area (Å²) in [5.74, 6) is 0.0104. The molecule has 0 radical (unpaired) electrons. The summed E-state index contributed by atoms with van der Waals surface area (Å²) in [6, 6.07) is 0. The van der Waals surface area contributed by atoms with Crippen molar-refractivity contribution < 1.29 is 5.11 Å². The molecular weight excluding hydrogens is 201 g/mol. The lowest BCUT2D eigenvalue weighted by atomic mass is 10.4. The summed E-state index contributed by atoms with van der Waals surface area (Å²) in [5.41, 5.74) is 0.818. The molecule has 62 valence electrons. The van der Waals surface area contributed by atoms with Crippen LogP contribution in [0.5, 0.6) is 5.75 Å². The molecule has 0 atom stereocenters. The first kappa shape index (κ1) is 7.64. The molecule has 0 aliphatic rings. The Labute approximate surface area is 77.2 Å². The Morgan fingerprint density at radius 3 is 2.83 bits per heavy atom. The van der Waals surface area contributed by atoms with Gasteiger partial charge in [-0.05, 0) is 11.6 Å². The standard InChI is InChI=1S/C6H3Cl2N3O/c7-5-4-3(2(12)1-9-4)10-6(8)11-5/h1,9,12H. The first-order valence-corrected chi connectivity index (χ1v) is 3.83. The second-order valence-corrected chi connectivity index (χ2v) is 2.88. The molecule has 2 heterocycles. The highest BCUT2D eigenvalue weighted by atomic mass is 35.5. The average molecular weight is 204 g/mol. The van der Waals surface area contributed by atoms with Crippen LogP contribution in [-0.2, 0) is 0 Å². The van der Waals surface area contributed by atoms with Gasteiger partial charge < -0.3 is 10.1 Å². The van der Waals surface area contributed by atoms with Gasteiger partial charge in [0.1, 0.15) is 11.0 Å². The molecule has 0 aliphatic carbocycles. The van der Waals surface area contributed by atoms with Gasteiger partial charge in [0, 0.05) is 6.20 Å². The van der Waals surface area contributed by atoms with Gasteiger partial charge in [-0.1, -0.05) is 11.6 Å². The van der Waals surface area contributed by atoms with Gasteiger partial charge in [-0.15, -0.1) is 0 Å². The number of hydrogen-bond donors (Lipinski definition) is 2. The summed E-state index contributed by atoms with van der Waals surface area (Å²) in [6.45, 7) is 0. The minimum Gasteiger partial charge on any atom is -0.504 e.